The minimum absolute atomic E-state index is 0.301. The second-order valence-corrected chi connectivity index (χ2v) is 4.91. The lowest BCUT2D eigenvalue weighted by Gasteiger charge is -2.21. The fraction of sp³-hybridized carbons (Fsp3) is 0.636. The van der Waals surface area contributed by atoms with Crippen molar-refractivity contribution >= 4 is 11.6 Å². The topological polar surface area (TPSA) is 86.9 Å². The van der Waals surface area contributed by atoms with Crippen molar-refractivity contribution in [3.63, 3.8) is 0 Å². The number of nitrogens with two attached hydrogens (primary N) is 2. The van der Waals surface area contributed by atoms with Crippen molar-refractivity contribution < 1.29 is 4.79 Å². The zero-order valence-electron chi connectivity index (χ0n) is 10.4. The molecule has 0 saturated carbocycles. The SMILES string of the molecule is CCCc1nn(C(C)(C)C)c(C(N)=O)c1N. The molecule has 0 aliphatic heterocycles. The summed E-state index contributed by atoms with van der Waals surface area (Å²) in [5.74, 6) is -0.526. The Bertz CT molecular complexity index is 401. The molecule has 16 heavy (non-hydrogen) atoms. The Morgan fingerprint density at radius 3 is 2.31 bits per heavy atom. The molecule has 1 rings (SSSR count). The lowest BCUT2D eigenvalue weighted by Crippen LogP contribution is -2.29. The van der Waals surface area contributed by atoms with Gasteiger partial charge in [0.15, 0.2) is 0 Å². The molecular weight excluding hydrogens is 204 g/mol. The highest BCUT2D eigenvalue weighted by Gasteiger charge is 2.26. The van der Waals surface area contributed by atoms with Crippen LogP contribution in [0.1, 0.15) is 50.3 Å². The van der Waals surface area contributed by atoms with E-state index in [9.17, 15) is 4.79 Å². The predicted octanol–water partition coefficient (Wildman–Crippen LogP) is 1.27. The van der Waals surface area contributed by atoms with Gasteiger partial charge in [0, 0.05) is 0 Å². The van der Waals surface area contributed by atoms with E-state index >= 15 is 0 Å². The number of nitrogens with zero attached hydrogens (tertiary/aromatic N) is 2. The molecule has 0 aliphatic rings. The largest absolute Gasteiger partial charge is 0.395 e. The fourth-order valence-corrected chi connectivity index (χ4v) is 1.62. The molecule has 1 aromatic rings. The molecule has 0 unspecified atom stereocenters. The van der Waals surface area contributed by atoms with Crippen molar-refractivity contribution in [3.8, 4) is 0 Å². The first kappa shape index (κ1) is 12.5. The third-order valence-electron chi connectivity index (χ3n) is 2.35. The van der Waals surface area contributed by atoms with Crippen LogP contribution in [0, 0.1) is 0 Å². The maximum Gasteiger partial charge on any atom is 0.269 e. The van der Waals surface area contributed by atoms with Gasteiger partial charge in [0.25, 0.3) is 5.91 Å². The quantitative estimate of drug-likeness (QED) is 0.810. The molecule has 5 heteroatoms. The van der Waals surface area contributed by atoms with Gasteiger partial charge in [0.2, 0.25) is 0 Å². The van der Waals surface area contributed by atoms with Crippen molar-refractivity contribution in [2.75, 3.05) is 5.73 Å². The van der Waals surface area contributed by atoms with Gasteiger partial charge in [0.1, 0.15) is 5.69 Å². The normalized spacial score (nSPS) is 11.8. The predicted molar refractivity (Wildman–Crippen MR) is 64.1 cm³/mol. The van der Waals surface area contributed by atoms with Gasteiger partial charge in [-0.25, -0.2) is 0 Å². The van der Waals surface area contributed by atoms with Crippen LogP contribution in [-0.4, -0.2) is 15.7 Å². The lowest BCUT2D eigenvalue weighted by molar-refractivity contribution is 0.0983. The maximum atomic E-state index is 11.4. The van der Waals surface area contributed by atoms with E-state index in [1.165, 1.54) is 0 Å². The van der Waals surface area contributed by atoms with E-state index < -0.39 is 5.91 Å². The van der Waals surface area contributed by atoms with Gasteiger partial charge in [-0.2, -0.15) is 5.10 Å². The van der Waals surface area contributed by atoms with Crippen LogP contribution in [0.4, 0.5) is 5.69 Å². The number of hydrogen-bond donors (Lipinski definition) is 2. The summed E-state index contributed by atoms with van der Waals surface area (Å²) in [5.41, 5.74) is 12.4. The van der Waals surface area contributed by atoms with Gasteiger partial charge < -0.3 is 11.5 Å². The number of hydrogen-bond acceptors (Lipinski definition) is 3. The number of amides is 1. The fourth-order valence-electron chi connectivity index (χ4n) is 1.62. The standard InChI is InChI=1S/C11H20N4O/c1-5-6-7-8(12)9(10(13)16)15(14-7)11(2,3)4/h5-6,12H2,1-4H3,(H2,13,16). The van der Waals surface area contributed by atoms with Crippen molar-refractivity contribution in [2.24, 2.45) is 5.73 Å². The van der Waals surface area contributed by atoms with E-state index in [1.54, 1.807) is 4.68 Å². The Hall–Kier alpha value is -1.52. The van der Waals surface area contributed by atoms with E-state index in [1.807, 2.05) is 27.7 Å². The highest BCUT2D eigenvalue weighted by atomic mass is 16.1. The van der Waals surface area contributed by atoms with E-state index in [4.69, 9.17) is 11.5 Å². The third-order valence-corrected chi connectivity index (χ3v) is 2.35. The average molecular weight is 224 g/mol. The van der Waals surface area contributed by atoms with Crippen LogP contribution in [0.3, 0.4) is 0 Å². The number of rotatable bonds is 3. The number of carbonyl (C=O) groups is 1. The third kappa shape index (κ3) is 2.18. The average Bonchev–Trinajstić information content (AvgIpc) is 2.44. The molecule has 0 fully saturated rings. The van der Waals surface area contributed by atoms with Crippen LogP contribution in [0.15, 0.2) is 0 Å². The molecule has 1 aromatic heterocycles. The smallest absolute Gasteiger partial charge is 0.269 e. The van der Waals surface area contributed by atoms with Crippen molar-refractivity contribution in [1.29, 1.82) is 0 Å². The molecule has 0 saturated heterocycles. The summed E-state index contributed by atoms with van der Waals surface area (Å²) in [7, 11) is 0. The Morgan fingerprint density at radius 2 is 2.00 bits per heavy atom. The summed E-state index contributed by atoms with van der Waals surface area (Å²) < 4.78 is 1.62. The number of anilines is 1. The summed E-state index contributed by atoms with van der Waals surface area (Å²) in [6.45, 7) is 7.92. The van der Waals surface area contributed by atoms with Crippen LogP contribution in [0.2, 0.25) is 0 Å². The monoisotopic (exact) mass is 224 g/mol. The van der Waals surface area contributed by atoms with Crippen LogP contribution >= 0.6 is 0 Å². The number of primary amides is 1. The van der Waals surface area contributed by atoms with Crippen molar-refractivity contribution in [2.45, 2.75) is 46.1 Å². The second kappa shape index (κ2) is 4.15. The molecule has 0 aliphatic carbocycles. The Kier molecular flexibility index (Phi) is 3.26. The van der Waals surface area contributed by atoms with Gasteiger partial charge in [-0.1, -0.05) is 13.3 Å². The molecule has 90 valence electrons. The van der Waals surface area contributed by atoms with Gasteiger partial charge in [-0.05, 0) is 27.2 Å². The first-order valence-corrected chi connectivity index (χ1v) is 5.46. The van der Waals surface area contributed by atoms with Gasteiger partial charge in [-0.3, -0.25) is 9.48 Å². The molecule has 4 N–H and O–H groups in total. The summed E-state index contributed by atoms with van der Waals surface area (Å²) in [4.78, 5) is 11.4. The van der Waals surface area contributed by atoms with Gasteiger partial charge >= 0.3 is 0 Å². The zero-order valence-corrected chi connectivity index (χ0v) is 10.4. The van der Waals surface area contributed by atoms with Crippen LogP contribution in [0.5, 0.6) is 0 Å². The maximum absolute atomic E-state index is 11.4. The number of aryl methyl sites for hydroxylation is 1. The molecule has 0 spiro atoms. The van der Waals surface area contributed by atoms with E-state index in [0.717, 1.165) is 18.5 Å². The molecule has 0 radical (unpaired) electrons. The molecule has 1 heterocycles. The van der Waals surface area contributed by atoms with Gasteiger partial charge in [-0.15, -0.1) is 0 Å². The first-order chi connectivity index (χ1) is 7.29. The molecule has 1 amide bonds. The van der Waals surface area contributed by atoms with Crippen LogP contribution < -0.4 is 11.5 Å². The molecule has 0 bridgehead atoms. The summed E-state index contributed by atoms with van der Waals surface area (Å²) in [5, 5.41) is 4.38. The van der Waals surface area contributed by atoms with Crippen molar-refractivity contribution in [1.82, 2.24) is 9.78 Å². The highest BCUT2D eigenvalue weighted by molar-refractivity contribution is 5.96. The summed E-state index contributed by atoms with van der Waals surface area (Å²) in [6.07, 6.45) is 1.69. The van der Waals surface area contributed by atoms with Crippen molar-refractivity contribution in [3.05, 3.63) is 11.4 Å². The van der Waals surface area contributed by atoms with E-state index in [0.29, 0.717) is 11.4 Å². The Balaban J connectivity index is 3.37. The molecular formula is C11H20N4O. The van der Waals surface area contributed by atoms with E-state index in [2.05, 4.69) is 5.10 Å². The summed E-state index contributed by atoms with van der Waals surface area (Å²) in [6, 6.07) is 0. The highest BCUT2D eigenvalue weighted by Crippen LogP contribution is 2.24. The molecule has 5 nitrogen and oxygen atoms in total. The number of aromatic nitrogens is 2. The molecule has 0 aromatic carbocycles. The number of carbonyl (C=O) groups excluding carboxylic acids is 1. The van der Waals surface area contributed by atoms with Crippen LogP contribution in [0.25, 0.3) is 0 Å². The van der Waals surface area contributed by atoms with Crippen LogP contribution in [-0.2, 0) is 12.0 Å². The summed E-state index contributed by atoms with van der Waals surface area (Å²) >= 11 is 0. The number of nitrogen functional groups attached to an aromatic ring is 1. The van der Waals surface area contributed by atoms with E-state index in [-0.39, 0.29) is 5.54 Å². The minimum atomic E-state index is -0.526. The molecule has 0 atom stereocenters. The first-order valence-electron chi connectivity index (χ1n) is 5.46. The second-order valence-electron chi connectivity index (χ2n) is 4.91. The minimum Gasteiger partial charge on any atom is -0.395 e. The van der Waals surface area contributed by atoms with Gasteiger partial charge in [0.05, 0.1) is 16.9 Å². The Labute approximate surface area is 95.8 Å². The lowest BCUT2D eigenvalue weighted by atomic mass is 10.1. The zero-order chi connectivity index (χ0) is 12.5. The Morgan fingerprint density at radius 1 is 1.44 bits per heavy atom.